The van der Waals surface area contributed by atoms with Gasteiger partial charge in [0.2, 0.25) is 10.0 Å². The maximum Gasteiger partial charge on any atom is 0.326 e. The van der Waals surface area contributed by atoms with Gasteiger partial charge in [0.15, 0.2) is 17.3 Å². The van der Waals surface area contributed by atoms with Gasteiger partial charge >= 0.3 is 6.03 Å². The number of carbonyl (C=O) groups is 1. The molecule has 0 atom stereocenters. The third-order valence-electron chi connectivity index (χ3n) is 4.92. The van der Waals surface area contributed by atoms with Crippen molar-refractivity contribution in [3.8, 4) is 28.6 Å². The molecule has 0 fully saturated rings. The van der Waals surface area contributed by atoms with Gasteiger partial charge in [0, 0.05) is 17.3 Å². The highest BCUT2D eigenvalue weighted by atomic mass is 32.2. The third-order valence-corrected chi connectivity index (χ3v) is 5.85. The van der Waals surface area contributed by atoms with Crippen LogP contribution in [0, 0.1) is 0 Å². The first-order valence-electron chi connectivity index (χ1n) is 10.2. The molecule has 0 aliphatic heterocycles. The van der Waals surface area contributed by atoms with Crippen LogP contribution < -0.4 is 25.2 Å². The van der Waals surface area contributed by atoms with Crippen molar-refractivity contribution in [3.63, 3.8) is 0 Å². The average molecular weight is 495 g/mol. The first-order valence-corrected chi connectivity index (χ1v) is 11.8. The molecule has 0 aliphatic carbocycles. The predicted molar refractivity (Wildman–Crippen MR) is 130 cm³/mol. The van der Waals surface area contributed by atoms with E-state index in [9.17, 15) is 13.2 Å². The Morgan fingerprint density at radius 2 is 1.60 bits per heavy atom. The number of urea groups is 1. The molecule has 0 aliphatic rings. The summed E-state index contributed by atoms with van der Waals surface area (Å²) in [5.41, 5.74) is 1.78. The molecular formula is C23H22N6O5S. The molecule has 0 unspecified atom stereocenters. The standard InChI is InChI=1S/C23H22N6O5S/c1-33-19-13-10-17(14-20(19)34-2)29-21(15-6-4-3-5-7-15)26-22(28-29)27-23(30)25-16-8-11-18(12-9-16)35(24,31)32/h3-14H,1-2H3,(H2,24,31,32)(H2,25,27,28,30). The quantitative estimate of drug-likeness (QED) is 0.357. The fraction of sp³-hybridized carbons (Fsp3) is 0.0870. The first-order chi connectivity index (χ1) is 16.8. The lowest BCUT2D eigenvalue weighted by Gasteiger charge is -2.11. The second kappa shape index (κ2) is 9.83. The maximum atomic E-state index is 12.6. The summed E-state index contributed by atoms with van der Waals surface area (Å²) in [5, 5.41) is 14.7. The highest BCUT2D eigenvalue weighted by Gasteiger charge is 2.17. The largest absolute Gasteiger partial charge is 0.493 e. The maximum absolute atomic E-state index is 12.6. The predicted octanol–water partition coefficient (Wildman–Crippen LogP) is 3.24. The summed E-state index contributed by atoms with van der Waals surface area (Å²) >= 11 is 0. The van der Waals surface area contributed by atoms with Crippen LogP contribution >= 0.6 is 0 Å². The number of amides is 2. The summed E-state index contributed by atoms with van der Waals surface area (Å²) in [6.07, 6.45) is 0. The van der Waals surface area contributed by atoms with Gasteiger partial charge in [-0.2, -0.15) is 4.98 Å². The zero-order valence-corrected chi connectivity index (χ0v) is 19.6. The number of sulfonamides is 1. The lowest BCUT2D eigenvalue weighted by Crippen LogP contribution is -2.20. The van der Waals surface area contributed by atoms with E-state index in [-0.39, 0.29) is 10.8 Å². The number of hydrogen-bond donors (Lipinski definition) is 3. The fourth-order valence-corrected chi connectivity index (χ4v) is 3.78. The van der Waals surface area contributed by atoms with Gasteiger partial charge in [-0.1, -0.05) is 30.3 Å². The Bertz CT molecular complexity index is 1450. The molecule has 0 bridgehead atoms. The number of carbonyl (C=O) groups excluding carboxylic acids is 1. The highest BCUT2D eigenvalue weighted by Crippen LogP contribution is 2.31. The number of benzene rings is 3. The van der Waals surface area contributed by atoms with Crippen molar-refractivity contribution in [2.24, 2.45) is 5.14 Å². The Balaban J connectivity index is 1.63. The van der Waals surface area contributed by atoms with Crippen molar-refractivity contribution in [3.05, 3.63) is 72.8 Å². The first kappa shape index (κ1) is 23.7. The van der Waals surface area contributed by atoms with Crippen molar-refractivity contribution >= 4 is 27.7 Å². The lowest BCUT2D eigenvalue weighted by atomic mass is 10.2. The summed E-state index contributed by atoms with van der Waals surface area (Å²) in [6.45, 7) is 0. The van der Waals surface area contributed by atoms with E-state index < -0.39 is 16.1 Å². The topological polar surface area (TPSA) is 150 Å². The van der Waals surface area contributed by atoms with Crippen LogP contribution in [0.3, 0.4) is 0 Å². The van der Waals surface area contributed by atoms with Gasteiger partial charge in [-0.3, -0.25) is 5.32 Å². The summed E-state index contributed by atoms with van der Waals surface area (Å²) < 4.78 is 35.1. The zero-order chi connectivity index (χ0) is 25.0. The van der Waals surface area contributed by atoms with Crippen LogP contribution in [0.1, 0.15) is 0 Å². The minimum atomic E-state index is -3.83. The Morgan fingerprint density at radius 1 is 0.914 bits per heavy atom. The van der Waals surface area contributed by atoms with Crippen LogP contribution in [-0.2, 0) is 10.0 Å². The van der Waals surface area contributed by atoms with E-state index in [0.29, 0.717) is 28.7 Å². The van der Waals surface area contributed by atoms with Crippen molar-refractivity contribution < 1.29 is 22.7 Å². The van der Waals surface area contributed by atoms with Gasteiger partial charge in [-0.25, -0.2) is 23.0 Å². The van der Waals surface area contributed by atoms with Crippen molar-refractivity contribution in [1.82, 2.24) is 14.8 Å². The number of methoxy groups -OCH3 is 2. The molecule has 1 aromatic heterocycles. The van der Waals surface area contributed by atoms with E-state index >= 15 is 0 Å². The van der Waals surface area contributed by atoms with Crippen molar-refractivity contribution in [2.45, 2.75) is 4.90 Å². The molecule has 0 saturated carbocycles. The second-order valence-corrected chi connectivity index (χ2v) is 8.79. The third kappa shape index (κ3) is 5.39. The molecule has 11 nitrogen and oxygen atoms in total. The van der Waals surface area contributed by atoms with E-state index in [2.05, 4.69) is 20.7 Å². The Labute approximate surface area is 201 Å². The molecular weight excluding hydrogens is 472 g/mol. The molecule has 4 rings (SSSR count). The second-order valence-electron chi connectivity index (χ2n) is 7.22. The van der Waals surface area contributed by atoms with Gasteiger partial charge in [-0.15, -0.1) is 5.10 Å². The van der Waals surface area contributed by atoms with Gasteiger partial charge < -0.3 is 14.8 Å². The molecule has 12 heteroatoms. The van der Waals surface area contributed by atoms with Crippen LogP contribution in [-0.4, -0.2) is 43.4 Å². The molecule has 4 N–H and O–H groups in total. The van der Waals surface area contributed by atoms with Crippen LogP contribution in [0.2, 0.25) is 0 Å². The van der Waals surface area contributed by atoms with Gasteiger partial charge in [0.05, 0.1) is 24.8 Å². The number of rotatable bonds is 7. The number of nitrogens with one attached hydrogen (secondary N) is 2. The Morgan fingerprint density at radius 3 is 2.23 bits per heavy atom. The molecule has 2 amide bonds. The van der Waals surface area contributed by atoms with E-state index in [1.807, 2.05) is 30.3 Å². The molecule has 180 valence electrons. The zero-order valence-electron chi connectivity index (χ0n) is 18.8. The van der Waals surface area contributed by atoms with Gasteiger partial charge in [0.25, 0.3) is 5.95 Å². The number of primary sulfonamides is 1. The van der Waals surface area contributed by atoms with Crippen LogP contribution in [0.4, 0.5) is 16.4 Å². The Hall–Kier alpha value is -4.42. The number of hydrogen-bond acceptors (Lipinski definition) is 7. The summed E-state index contributed by atoms with van der Waals surface area (Å²) in [7, 11) is -0.746. The average Bonchev–Trinajstić information content (AvgIpc) is 3.27. The molecule has 1 heterocycles. The van der Waals surface area contributed by atoms with Crippen molar-refractivity contribution in [1.29, 1.82) is 0 Å². The molecule has 0 saturated heterocycles. The molecule has 4 aromatic rings. The Kier molecular flexibility index (Phi) is 6.66. The van der Waals surface area contributed by atoms with Crippen LogP contribution in [0.15, 0.2) is 77.7 Å². The van der Waals surface area contributed by atoms with E-state index in [0.717, 1.165) is 5.56 Å². The normalized spacial score (nSPS) is 11.1. The summed E-state index contributed by atoms with van der Waals surface area (Å²) in [4.78, 5) is 17.0. The van der Waals surface area contributed by atoms with E-state index in [4.69, 9.17) is 14.6 Å². The minimum Gasteiger partial charge on any atom is -0.493 e. The van der Waals surface area contributed by atoms with Crippen LogP contribution in [0.5, 0.6) is 11.5 Å². The number of aromatic nitrogens is 3. The van der Waals surface area contributed by atoms with Crippen LogP contribution in [0.25, 0.3) is 17.1 Å². The van der Waals surface area contributed by atoms with E-state index in [1.165, 1.54) is 31.4 Å². The molecule has 0 spiro atoms. The number of anilines is 2. The molecule has 3 aromatic carbocycles. The fourth-order valence-electron chi connectivity index (χ4n) is 3.27. The number of ether oxygens (including phenoxy) is 2. The van der Waals surface area contributed by atoms with Gasteiger partial charge in [0.1, 0.15) is 0 Å². The summed E-state index contributed by atoms with van der Waals surface area (Å²) in [6, 6.07) is 19.5. The number of nitrogens with two attached hydrogens (primary N) is 1. The highest BCUT2D eigenvalue weighted by molar-refractivity contribution is 7.89. The minimum absolute atomic E-state index is 0.0531. The lowest BCUT2D eigenvalue weighted by molar-refractivity contribution is 0.262. The SMILES string of the molecule is COc1ccc(-n2nc(NC(=O)Nc3ccc(S(N)(=O)=O)cc3)nc2-c2ccccc2)cc1OC. The van der Waals surface area contributed by atoms with E-state index in [1.54, 1.807) is 30.0 Å². The van der Waals surface area contributed by atoms with Crippen molar-refractivity contribution in [2.75, 3.05) is 24.9 Å². The molecule has 35 heavy (non-hydrogen) atoms. The van der Waals surface area contributed by atoms with Gasteiger partial charge in [-0.05, 0) is 36.4 Å². The number of nitrogens with zero attached hydrogens (tertiary/aromatic N) is 3. The monoisotopic (exact) mass is 494 g/mol. The molecule has 0 radical (unpaired) electrons. The summed E-state index contributed by atoms with van der Waals surface area (Å²) in [5.74, 6) is 1.61. The smallest absolute Gasteiger partial charge is 0.326 e.